The molecular formula is C19H14N2O3S2. The van der Waals surface area contributed by atoms with Gasteiger partial charge in [-0.05, 0) is 42.6 Å². The number of hydrogen-bond acceptors (Lipinski definition) is 6. The van der Waals surface area contributed by atoms with E-state index in [0.29, 0.717) is 21.7 Å². The largest absolute Gasteiger partial charge is 0.462 e. The van der Waals surface area contributed by atoms with Gasteiger partial charge in [-0.25, -0.2) is 4.79 Å². The predicted octanol–water partition coefficient (Wildman–Crippen LogP) is 4.78. The number of nitrogens with zero attached hydrogens (tertiary/aromatic N) is 1. The van der Waals surface area contributed by atoms with Crippen LogP contribution in [0.15, 0.2) is 47.2 Å². The molecule has 0 radical (unpaired) electrons. The van der Waals surface area contributed by atoms with E-state index in [2.05, 4.69) is 5.32 Å². The molecule has 130 valence electrons. The van der Waals surface area contributed by atoms with Crippen molar-refractivity contribution in [2.24, 2.45) is 0 Å². The van der Waals surface area contributed by atoms with Crippen LogP contribution >= 0.6 is 22.7 Å². The maximum atomic E-state index is 12.5. The maximum Gasteiger partial charge on any atom is 0.341 e. The molecule has 1 amide bonds. The SMILES string of the molecule is CCOC(=O)c1c(-c2cccs2)csc1NC(=O)c1ccc(C#N)cc1. The molecule has 2 heterocycles. The van der Waals surface area contributed by atoms with Gasteiger partial charge in [0.05, 0.1) is 18.2 Å². The highest BCUT2D eigenvalue weighted by Gasteiger charge is 2.23. The summed E-state index contributed by atoms with van der Waals surface area (Å²) in [5.41, 5.74) is 2.00. The van der Waals surface area contributed by atoms with Crippen LogP contribution in [0.3, 0.4) is 0 Å². The van der Waals surface area contributed by atoms with Crippen LogP contribution < -0.4 is 5.32 Å². The number of nitriles is 1. The van der Waals surface area contributed by atoms with Gasteiger partial charge >= 0.3 is 5.97 Å². The van der Waals surface area contributed by atoms with E-state index in [0.717, 1.165) is 10.4 Å². The summed E-state index contributed by atoms with van der Waals surface area (Å²) in [6, 6.07) is 12.1. The first-order valence-electron chi connectivity index (χ1n) is 7.78. The minimum atomic E-state index is -0.465. The fourth-order valence-corrected chi connectivity index (χ4v) is 4.11. The number of ether oxygens (including phenoxy) is 1. The van der Waals surface area contributed by atoms with Gasteiger partial charge in [-0.3, -0.25) is 4.79 Å². The monoisotopic (exact) mass is 382 g/mol. The van der Waals surface area contributed by atoms with Crippen molar-refractivity contribution < 1.29 is 14.3 Å². The van der Waals surface area contributed by atoms with Crippen LogP contribution in [0, 0.1) is 11.3 Å². The summed E-state index contributed by atoms with van der Waals surface area (Å²) in [6.45, 7) is 1.99. The molecule has 7 heteroatoms. The Bertz CT molecular complexity index is 967. The molecule has 0 atom stereocenters. The Morgan fingerprint density at radius 1 is 1.19 bits per heavy atom. The Morgan fingerprint density at radius 3 is 2.58 bits per heavy atom. The molecule has 5 nitrogen and oxygen atoms in total. The van der Waals surface area contributed by atoms with E-state index in [4.69, 9.17) is 10.00 Å². The first-order valence-corrected chi connectivity index (χ1v) is 9.54. The number of rotatable bonds is 5. The molecule has 1 aromatic carbocycles. The number of nitrogens with one attached hydrogen (secondary N) is 1. The van der Waals surface area contributed by atoms with Crippen molar-refractivity contribution in [3.63, 3.8) is 0 Å². The quantitative estimate of drug-likeness (QED) is 0.644. The fourth-order valence-electron chi connectivity index (χ4n) is 2.34. The standard InChI is InChI=1S/C19H14N2O3S2/c1-2-24-19(23)16-14(15-4-3-9-25-15)11-26-18(16)21-17(22)13-7-5-12(10-20)6-8-13/h3-9,11H,2H2,1H3,(H,21,22). The second-order valence-corrected chi connectivity index (χ2v) is 7.02. The van der Waals surface area contributed by atoms with Crippen LogP contribution in [0.1, 0.15) is 33.2 Å². The number of carbonyl (C=O) groups is 2. The minimum absolute atomic E-state index is 0.252. The van der Waals surface area contributed by atoms with Crippen molar-refractivity contribution in [2.45, 2.75) is 6.92 Å². The van der Waals surface area contributed by atoms with Crippen LogP contribution in [0.4, 0.5) is 5.00 Å². The van der Waals surface area contributed by atoms with Crippen molar-refractivity contribution in [3.8, 4) is 16.5 Å². The third-order valence-corrected chi connectivity index (χ3v) is 5.36. The molecule has 26 heavy (non-hydrogen) atoms. The van der Waals surface area contributed by atoms with Gasteiger partial charge < -0.3 is 10.1 Å². The van der Waals surface area contributed by atoms with E-state index < -0.39 is 5.97 Å². The molecule has 2 aromatic heterocycles. The highest BCUT2D eigenvalue weighted by atomic mass is 32.1. The Hall–Kier alpha value is -2.95. The van der Waals surface area contributed by atoms with Gasteiger partial charge in [0, 0.05) is 21.4 Å². The number of amides is 1. The highest BCUT2D eigenvalue weighted by Crippen LogP contribution is 2.38. The van der Waals surface area contributed by atoms with Crippen LogP contribution in [0.5, 0.6) is 0 Å². The third kappa shape index (κ3) is 3.67. The number of carbonyl (C=O) groups excluding carboxylic acids is 2. The molecule has 0 spiro atoms. The van der Waals surface area contributed by atoms with Crippen LogP contribution in [-0.2, 0) is 4.74 Å². The Morgan fingerprint density at radius 2 is 1.96 bits per heavy atom. The van der Waals surface area contributed by atoms with Gasteiger partial charge in [-0.1, -0.05) is 6.07 Å². The second kappa shape index (κ2) is 7.95. The van der Waals surface area contributed by atoms with Gasteiger partial charge in [0.1, 0.15) is 10.6 Å². The molecule has 0 bridgehead atoms. The Kier molecular flexibility index (Phi) is 5.46. The molecule has 0 aliphatic rings. The van der Waals surface area contributed by atoms with Crippen molar-refractivity contribution in [3.05, 3.63) is 63.8 Å². The number of esters is 1. The minimum Gasteiger partial charge on any atom is -0.462 e. The third-order valence-electron chi connectivity index (χ3n) is 3.56. The zero-order chi connectivity index (χ0) is 18.5. The molecule has 3 rings (SSSR count). The maximum absolute atomic E-state index is 12.5. The summed E-state index contributed by atoms with van der Waals surface area (Å²) in [6.07, 6.45) is 0. The summed E-state index contributed by atoms with van der Waals surface area (Å²) >= 11 is 2.79. The normalized spacial score (nSPS) is 10.2. The smallest absolute Gasteiger partial charge is 0.341 e. The molecule has 3 aromatic rings. The average Bonchev–Trinajstić information content (AvgIpc) is 3.31. The molecule has 0 aliphatic heterocycles. The lowest BCUT2D eigenvalue weighted by molar-refractivity contribution is 0.0529. The first kappa shape index (κ1) is 17.9. The molecule has 0 unspecified atom stereocenters. The highest BCUT2D eigenvalue weighted by molar-refractivity contribution is 7.17. The van der Waals surface area contributed by atoms with Crippen molar-refractivity contribution >= 4 is 39.6 Å². The topological polar surface area (TPSA) is 79.2 Å². The van der Waals surface area contributed by atoms with Gasteiger partial charge in [0.25, 0.3) is 5.91 Å². The lowest BCUT2D eigenvalue weighted by Crippen LogP contribution is -2.14. The number of hydrogen-bond donors (Lipinski definition) is 1. The Balaban J connectivity index is 1.92. The van der Waals surface area contributed by atoms with Gasteiger partial charge in [-0.2, -0.15) is 5.26 Å². The molecule has 0 saturated carbocycles. The molecular weight excluding hydrogens is 368 g/mol. The lowest BCUT2D eigenvalue weighted by atomic mass is 10.1. The summed E-state index contributed by atoms with van der Waals surface area (Å²) in [4.78, 5) is 25.9. The van der Waals surface area contributed by atoms with Crippen molar-refractivity contribution in [1.29, 1.82) is 5.26 Å². The summed E-state index contributed by atoms with van der Waals surface area (Å²) in [7, 11) is 0. The van der Waals surface area contributed by atoms with E-state index in [9.17, 15) is 9.59 Å². The van der Waals surface area contributed by atoms with Crippen LogP contribution in [-0.4, -0.2) is 18.5 Å². The first-order chi connectivity index (χ1) is 12.6. The lowest BCUT2D eigenvalue weighted by Gasteiger charge is -2.08. The molecule has 0 fully saturated rings. The van der Waals surface area contributed by atoms with E-state index in [1.165, 1.54) is 22.7 Å². The number of benzene rings is 1. The van der Waals surface area contributed by atoms with Crippen molar-refractivity contribution in [1.82, 2.24) is 0 Å². The average molecular weight is 382 g/mol. The number of anilines is 1. The van der Waals surface area contributed by atoms with E-state index >= 15 is 0 Å². The molecule has 0 saturated heterocycles. The van der Waals surface area contributed by atoms with E-state index in [-0.39, 0.29) is 12.5 Å². The summed E-state index contributed by atoms with van der Waals surface area (Å²) in [5, 5.41) is 15.8. The molecule has 0 aliphatic carbocycles. The Labute approximate surface area is 158 Å². The summed E-state index contributed by atoms with van der Waals surface area (Å²) < 4.78 is 5.17. The zero-order valence-electron chi connectivity index (χ0n) is 13.8. The molecule has 1 N–H and O–H groups in total. The van der Waals surface area contributed by atoms with Crippen molar-refractivity contribution in [2.75, 3.05) is 11.9 Å². The van der Waals surface area contributed by atoms with E-state index in [1.54, 1.807) is 31.2 Å². The summed E-state index contributed by atoms with van der Waals surface area (Å²) in [5.74, 6) is -0.813. The second-order valence-electron chi connectivity index (χ2n) is 5.19. The van der Waals surface area contributed by atoms with Gasteiger partial charge in [-0.15, -0.1) is 22.7 Å². The van der Waals surface area contributed by atoms with Crippen LogP contribution in [0.2, 0.25) is 0 Å². The van der Waals surface area contributed by atoms with Gasteiger partial charge in [0.15, 0.2) is 0 Å². The zero-order valence-corrected chi connectivity index (χ0v) is 15.4. The van der Waals surface area contributed by atoms with Crippen LogP contribution in [0.25, 0.3) is 10.4 Å². The predicted molar refractivity (Wildman–Crippen MR) is 103 cm³/mol. The number of thiophene rings is 2. The van der Waals surface area contributed by atoms with E-state index in [1.807, 2.05) is 29.0 Å². The van der Waals surface area contributed by atoms with Gasteiger partial charge in [0.2, 0.25) is 0 Å². The fraction of sp³-hybridized carbons (Fsp3) is 0.105.